The van der Waals surface area contributed by atoms with E-state index in [4.69, 9.17) is 8.83 Å². The molecule has 0 spiro atoms. The number of furan rings is 1. The number of nitrogens with one attached hydrogen (secondary N) is 1. The number of rotatable bonds is 4. The largest absolute Gasteiger partial charge is 0.459 e. The highest BCUT2D eigenvalue weighted by atomic mass is 16.4. The maximum atomic E-state index is 12.7. The van der Waals surface area contributed by atoms with E-state index in [1.165, 1.54) is 0 Å². The molecular formula is C18H24N4O3. The number of likely N-dealkylation sites (tertiary alicyclic amines) is 1. The van der Waals surface area contributed by atoms with Crippen LogP contribution in [0, 0.1) is 6.92 Å². The van der Waals surface area contributed by atoms with Gasteiger partial charge >= 0.3 is 0 Å². The lowest BCUT2D eigenvalue weighted by molar-refractivity contribution is -0.129. The van der Waals surface area contributed by atoms with E-state index in [0.29, 0.717) is 29.1 Å². The van der Waals surface area contributed by atoms with Crippen LogP contribution in [-0.4, -0.2) is 66.0 Å². The summed E-state index contributed by atoms with van der Waals surface area (Å²) in [5.74, 6) is 1.82. The molecule has 1 atom stereocenters. The molecule has 2 aromatic heterocycles. The molecule has 7 nitrogen and oxygen atoms in total. The fraction of sp³-hybridized carbons (Fsp3) is 0.556. The van der Waals surface area contributed by atoms with Crippen molar-refractivity contribution in [1.82, 2.24) is 20.1 Å². The maximum absolute atomic E-state index is 12.7. The molecule has 2 aliphatic heterocycles. The number of aromatic nitrogens is 1. The third-order valence-corrected chi connectivity index (χ3v) is 5.13. The van der Waals surface area contributed by atoms with Crippen LogP contribution in [0.1, 0.15) is 17.9 Å². The SMILES string of the molecule is Cc1oc(-c2ccco2)nc1CC(=O)N1CCC(N2CCNCC2)C1. The van der Waals surface area contributed by atoms with Gasteiger partial charge in [0, 0.05) is 45.3 Å². The lowest BCUT2D eigenvalue weighted by atomic mass is 10.2. The molecule has 2 saturated heterocycles. The van der Waals surface area contributed by atoms with Gasteiger partial charge in [-0.3, -0.25) is 9.69 Å². The monoisotopic (exact) mass is 344 g/mol. The number of piperazine rings is 1. The van der Waals surface area contributed by atoms with Crippen LogP contribution in [-0.2, 0) is 11.2 Å². The molecule has 4 rings (SSSR count). The summed E-state index contributed by atoms with van der Waals surface area (Å²) in [5, 5.41) is 3.38. The van der Waals surface area contributed by atoms with Gasteiger partial charge in [-0.1, -0.05) is 0 Å². The number of nitrogens with zero attached hydrogens (tertiary/aromatic N) is 3. The molecule has 1 unspecified atom stereocenters. The van der Waals surface area contributed by atoms with Crippen LogP contribution in [0.3, 0.4) is 0 Å². The Hall–Kier alpha value is -2.12. The molecule has 25 heavy (non-hydrogen) atoms. The van der Waals surface area contributed by atoms with E-state index in [2.05, 4.69) is 15.2 Å². The van der Waals surface area contributed by atoms with Gasteiger partial charge in [0.2, 0.25) is 5.91 Å². The summed E-state index contributed by atoms with van der Waals surface area (Å²) in [6.07, 6.45) is 2.92. The number of amides is 1. The number of carbonyl (C=O) groups excluding carboxylic acids is 1. The molecule has 2 aliphatic rings. The second-order valence-electron chi connectivity index (χ2n) is 6.74. The first-order chi connectivity index (χ1) is 12.2. The number of hydrogen-bond donors (Lipinski definition) is 1. The Morgan fingerprint density at radius 3 is 2.96 bits per heavy atom. The zero-order valence-corrected chi connectivity index (χ0v) is 14.5. The van der Waals surface area contributed by atoms with Crippen molar-refractivity contribution in [2.45, 2.75) is 25.8 Å². The molecule has 0 aromatic carbocycles. The quantitative estimate of drug-likeness (QED) is 0.901. The van der Waals surface area contributed by atoms with Crippen LogP contribution in [0.25, 0.3) is 11.7 Å². The normalized spacial score (nSPS) is 21.8. The van der Waals surface area contributed by atoms with E-state index >= 15 is 0 Å². The lowest BCUT2D eigenvalue weighted by Crippen LogP contribution is -2.49. The Labute approximate surface area is 147 Å². The number of aryl methyl sites for hydroxylation is 1. The molecule has 7 heteroatoms. The Morgan fingerprint density at radius 1 is 1.36 bits per heavy atom. The topological polar surface area (TPSA) is 74.8 Å². The highest BCUT2D eigenvalue weighted by Gasteiger charge is 2.31. The highest BCUT2D eigenvalue weighted by molar-refractivity contribution is 5.79. The van der Waals surface area contributed by atoms with Crippen LogP contribution in [0.2, 0.25) is 0 Å². The van der Waals surface area contributed by atoms with Crippen molar-refractivity contribution in [3.8, 4) is 11.7 Å². The van der Waals surface area contributed by atoms with Crippen molar-refractivity contribution in [1.29, 1.82) is 0 Å². The predicted octanol–water partition coefficient (Wildman–Crippen LogP) is 1.29. The van der Waals surface area contributed by atoms with E-state index in [0.717, 1.165) is 45.7 Å². The minimum atomic E-state index is 0.125. The lowest BCUT2D eigenvalue weighted by Gasteiger charge is -2.32. The number of oxazole rings is 1. The van der Waals surface area contributed by atoms with Crippen LogP contribution in [0.15, 0.2) is 27.2 Å². The molecule has 0 bridgehead atoms. The van der Waals surface area contributed by atoms with E-state index in [9.17, 15) is 4.79 Å². The second-order valence-corrected chi connectivity index (χ2v) is 6.74. The van der Waals surface area contributed by atoms with Gasteiger partial charge in [0.1, 0.15) is 5.76 Å². The Balaban J connectivity index is 1.38. The van der Waals surface area contributed by atoms with Gasteiger partial charge in [-0.15, -0.1) is 0 Å². The van der Waals surface area contributed by atoms with Gasteiger partial charge in [-0.2, -0.15) is 0 Å². The number of carbonyl (C=O) groups is 1. The summed E-state index contributed by atoms with van der Waals surface area (Å²) in [6.45, 7) is 7.71. The van der Waals surface area contributed by atoms with E-state index in [-0.39, 0.29) is 12.3 Å². The fourth-order valence-corrected chi connectivity index (χ4v) is 3.67. The predicted molar refractivity (Wildman–Crippen MR) is 92.1 cm³/mol. The minimum Gasteiger partial charge on any atom is -0.459 e. The van der Waals surface area contributed by atoms with Gasteiger partial charge in [-0.25, -0.2) is 4.98 Å². The summed E-state index contributed by atoms with van der Waals surface area (Å²) in [7, 11) is 0. The highest BCUT2D eigenvalue weighted by Crippen LogP contribution is 2.23. The molecule has 134 valence electrons. The first kappa shape index (κ1) is 16.4. The summed E-state index contributed by atoms with van der Waals surface area (Å²) < 4.78 is 11.0. The first-order valence-corrected chi connectivity index (χ1v) is 8.93. The Bertz CT molecular complexity index is 719. The number of hydrogen-bond acceptors (Lipinski definition) is 6. The molecule has 2 fully saturated rings. The van der Waals surface area contributed by atoms with E-state index in [1.54, 1.807) is 18.4 Å². The van der Waals surface area contributed by atoms with Crippen LogP contribution in [0.4, 0.5) is 0 Å². The van der Waals surface area contributed by atoms with Crippen molar-refractivity contribution in [2.75, 3.05) is 39.3 Å². The van der Waals surface area contributed by atoms with Crippen molar-refractivity contribution < 1.29 is 13.6 Å². The molecule has 1 amide bonds. The van der Waals surface area contributed by atoms with Gasteiger partial charge in [0.05, 0.1) is 18.4 Å². The molecule has 0 aliphatic carbocycles. The van der Waals surface area contributed by atoms with E-state index < -0.39 is 0 Å². The average molecular weight is 344 g/mol. The fourth-order valence-electron chi connectivity index (χ4n) is 3.67. The average Bonchev–Trinajstić information content (AvgIpc) is 3.37. The van der Waals surface area contributed by atoms with Gasteiger partial charge in [-0.05, 0) is 25.5 Å². The standard InChI is InChI=1S/C18H24N4O3/c1-13-15(20-18(25-13)16-3-2-10-24-16)11-17(23)22-7-4-14(12-22)21-8-5-19-6-9-21/h2-3,10,14,19H,4-9,11-12H2,1H3. The van der Waals surface area contributed by atoms with E-state index in [1.807, 2.05) is 11.8 Å². The van der Waals surface area contributed by atoms with Crippen molar-refractivity contribution >= 4 is 5.91 Å². The zero-order chi connectivity index (χ0) is 17.2. The molecular weight excluding hydrogens is 320 g/mol. The van der Waals surface area contributed by atoms with Gasteiger partial charge in [0.25, 0.3) is 5.89 Å². The summed E-state index contributed by atoms with van der Waals surface area (Å²) in [5.41, 5.74) is 0.696. The summed E-state index contributed by atoms with van der Waals surface area (Å²) in [4.78, 5) is 21.6. The molecule has 1 N–H and O–H groups in total. The molecule has 2 aromatic rings. The van der Waals surface area contributed by atoms with Crippen molar-refractivity contribution in [3.63, 3.8) is 0 Å². The third kappa shape index (κ3) is 3.48. The Kier molecular flexibility index (Phi) is 4.59. The van der Waals surface area contributed by atoms with Gasteiger partial charge < -0.3 is 19.1 Å². The molecule has 4 heterocycles. The first-order valence-electron chi connectivity index (χ1n) is 8.93. The zero-order valence-electron chi connectivity index (χ0n) is 14.5. The molecule has 0 saturated carbocycles. The summed E-state index contributed by atoms with van der Waals surface area (Å²) >= 11 is 0. The smallest absolute Gasteiger partial charge is 0.263 e. The third-order valence-electron chi connectivity index (χ3n) is 5.13. The van der Waals surface area contributed by atoms with Crippen LogP contribution >= 0.6 is 0 Å². The molecule has 0 radical (unpaired) electrons. The maximum Gasteiger partial charge on any atom is 0.263 e. The minimum absolute atomic E-state index is 0.125. The summed E-state index contributed by atoms with van der Waals surface area (Å²) in [6, 6.07) is 4.08. The Morgan fingerprint density at radius 2 is 2.20 bits per heavy atom. The van der Waals surface area contributed by atoms with Crippen LogP contribution in [0.5, 0.6) is 0 Å². The van der Waals surface area contributed by atoms with Crippen molar-refractivity contribution in [2.24, 2.45) is 0 Å². The second kappa shape index (κ2) is 7.01. The van der Waals surface area contributed by atoms with Crippen molar-refractivity contribution in [3.05, 3.63) is 29.9 Å². The van der Waals surface area contributed by atoms with Crippen LogP contribution < -0.4 is 5.32 Å². The van der Waals surface area contributed by atoms with Gasteiger partial charge in [0.15, 0.2) is 5.76 Å².